The second-order valence-electron chi connectivity index (χ2n) is 9.90. The highest BCUT2D eigenvalue weighted by atomic mass is 32.2. The van der Waals surface area contributed by atoms with E-state index in [-0.39, 0.29) is 29.1 Å². The van der Waals surface area contributed by atoms with Crippen molar-refractivity contribution in [1.29, 1.82) is 0 Å². The van der Waals surface area contributed by atoms with E-state index in [4.69, 9.17) is 4.74 Å². The molecule has 0 aliphatic carbocycles. The van der Waals surface area contributed by atoms with E-state index in [1.807, 2.05) is 52.0 Å². The van der Waals surface area contributed by atoms with Gasteiger partial charge in [0.05, 0.1) is 17.2 Å². The lowest BCUT2D eigenvalue weighted by Crippen LogP contribution is -2.52. The lowest BCUT2D eigenvalue weighted by atomic mass is 10.1. The van der Waals surface area contributed by atoms with Gasteiger partial charge in [0.2, 0.25) is 11.8 Å². The molecule has 0 saturated carbocycles. The topological polar surface area (TPSA) is 96.0 Å². The van der Waals surface area contributed by atoms with E-state index >= 15 is 0 Å². The van der Waals surface area contributed by atoms with Crippen molar-refractivity contribution in [1.82, 2.24) is 10.2 Å². The number of aryl methyl sites for hydroxylation is 1. The number of sulfonamides is 1. The normalized spacial score (nSPS) is 12.7. The second-order valence-corrected chi connectivity index (χ2v) is 11.8. The maximum atomic E-state index is 13.9. The number of anilines is 1. The van der Waals surface area contributed by atoms with Crippen LogP contribution in [-0.4, -0.2) is 50.4 Å². The maximum absolute atomic E-state index is 13.9. The summed E-state index contributed by atoms with van der Waals surface area (Å²) in [5.74, 6) is -0.976. The van der Waals surface area contributed by atoms with Gasteiger partial charge in [-0.15, -0.1) is 0 Å². The summed E-state index contributed by atoms with van der Waals surface area (Å²) < 4.78 is 47.9. The van der Waals surface area contributed by atoms with Crippen molar-refractivity contribution < 1.29 is 27.1 Å². The van der Waals surface area contributed by atoms with E-state index in [0.717, 1.165) is 27.6 Å². The Morgan fingerprint density at radius 3 is 2.22 bits per heavy atom. The fraction of sp³-hybridized carbons (Fsp3) is 0.355. The van der Waals surface area contributed by atoms with Gasteiger partial charge in [-0.3, -0.25) is 13.9 Å². The first-order valence-electron chi connectivity index (χ1n) is 13.6. The molecule has 3 aromatic carbocycles. The van der Waals surface area contributed by atoms with Crippen LogP contribution in [0, 0.1) is 12.7 Å². The number of carbonyl (C=O) groups is 2. The van der Waals surface area contributed by atoms with Gasteiger partial charge in [0.25, 0.3) is 10.0 Å². The summed E-state index contributed by atoms with van der Waals surface area (Å²) in [6.07, 6.45) is 0.711. The zero-order valence-corrected chi connectivity index (χ0v) is 24.9. The van der Waals surface area contributed by atoms with Gasteiger partial charge in [0.1, 0.15) is 24.2 Å². The molecule has 0 aromatic heterocycles. The fourth-order valence-electron chi connectivity index (χ4n) is 4.19. The number of nitrogens with one attached hydrogen (secondary N) is 1. The number of hydrogen-bond acceptors (Lipinski definition) is 5. The summed E-state index contributed by atoms with van der Waals surface area (Å²) in [6, 6.07) is 17.3. The third kappa shape index (κ3) is 8.29. The van der Waals surface area contributed by atoms with Gasteiger partial charge in [-0.1, -0.05) is 36.8 Å². The van der Waals surface area contributed by atoms with E-state index in [9.17, 15) is 22.4 Å². The molecule has 0 fully saturated rings. The molecule has 10 heteroatoms. The Morgan fingerprint density at radius 1 is 0.976 bits per heavy atom. The minimum absolute atomic E-state index is 0.0640. The van der Waals surface area contributed by atoms with Crippen LogP contribution in [0.5, 0.6) is 5.75 Å². The molecular formula is C31H38FN3O5S. The van der Waals surface area contributed by atoms with E-state index in [1.54, 1.807) is 6.92 Å². The zero-order valence-electron chi connectivity index (χ0n) is 24.1. The Kier molecular flexibility index (Phi) is 10.9. The molecular weight excluding hydrogens is 545 g/mol. The van der Waals surface area contributed by atoms with Gasteiger partial charge in [0.15, 0.2) is 0 Å². The van der Waals surface area contributed by atoms with Gasteiger partial charge in [-0.05, 0) is 88.2 Å². The fourth-order valence-corrected chi connectivity index (χ4v) is 5.61. The van der Waals surface area contributed by atoms with Gasteiger partial charge in [-0.2, -0.15) is 0 Å². The SMILES string of the molecule is CCOc1ccc(S(=O)(=O)N(CC(=O)N(Cc2cccc(C)c2)[C@@H](C)C(=O)N[C@H](C)CC)c2ccc(F)cc2)cc1. The van der Waals surface area contributed by atoms with Crippen molar-refractivity contribution in [2.45, 2.75) is 64.6 Å². The number of rotatable bonds is 13. The molecule has 0 unspecified atom stereocenters. The molecule has 8 nitrogen and oxygen atoms in total. The molecule has 41 heavy (non-hydrogen) atoms. The Labute approximate surface area is 242 Å². The first-order valence-corrected chi connectivity index (χ1v) is 15.1. The summed E-state index contributed by atoms with van der Waals surface area (Å²) in [5.41, 5.74) is 1.89. The molecule has 0 aliphatic rings. The number of carbonyl (C=O) groups excluding carboxylic acids is 2. The van der Waals surface area contributed by atoms with Crippen LogP contribution in [0.15, 0.2) is 77.7 Å². The molecule has 3 aromatic rings. The molecule has 2 atom stereocenters. The summed E-state index contributed by atoms with van der Waals surface area (Å²) in [7, 11) is -4.27. The van der Waals surface area contributed by atoms with Crippen molar-refractivity contribution in [3.8, 4) is 5.75 Å². The van der Waals surface area contributed by atoms with Crippen LogP contribution in [0.4, 0.5) is 10.1 Å². The van der Waals surface area contributed by atoms with Gasteiger partial charge in [-0.25, -0.2) is 12.8 Å². The Hall–Kier alpha value is -3.92. The summed E-state index contributed by atoms with van der Waals surface area (Å²) in [5, 5.41) is 2.91. The zero-order chi connectivity index (χ0) is 30.2. The van der Waals surface area contributed by atoms with Crippen molar-refractivity contribution in [3.63, 3.8) is 0 Å². The van der Waals surface area contributed by atoms with E-state index in [1.165, 1.54) is 41.3 Å². The first kappa shape index (κ1) is 31.6. The van der Waals surface area contributed by atoms with Crippen molar-refractivity contribution >= 4 is 27.5 Å². The van der Waals surface area contributed by atoms with Gasteiger partial charge >= 0.3 is 0 Å². The van der Waals surface area contributed by atoms with Crippen molar-refractivity contribution in [3.05, 3.63) is 89.7 Å². The number of hydrogen-bond donors (Lipinski definition) is 1. The number of ether oxygens (including phenoxy) is 1. The van der Waals surface area contributed by atoms with Crippen LogP contribution in [0.1, 0.15) is 45.2 Å². The van der Waals surface area contributed by atoms with E-state index in [2.05, 4.69) is 5.32 Å². The molecule has 3 rings (SSSR count). The Balaban J connectivity index is 2.01. The third-order valence-corrected chi connectivity index (χ3v) is 8.51. The lowest BCUT2D eigenvalue weighted by Gasteiger charge is -2.32. The van der Waals surface area contributed by atoms with Crippen LogP contribution < -0.4 is 14.4 Å². The average molecular weight is 584 g/mol. The standard InChI is InChI=1S/C31H38FN3O5S/c1-6-23(4)33-31(37)24(5)34(20-25-10-8-9-22(3)19-25)30(36)21-35(27-13-11-26(32)12-14-27)41(38,39)29-17-15-28(16-18-29)40-7-2/h8-19,23-24H,6-7,20-21H2,1-5H3,(H,33,37)/t23-,24+/m1/s1. The van der Waals surface area contributed by atoms with E-state index < -0.39 is 34.3 Å². The number of benzene rings is 3. The molecule has 0 spiro atoms. The summed E-state index contributed by atoms with van der Waals surface area (Å²) >= 11 is 0. The third-order valence-electron chi connectivity index (χ3n) is 6.72. The Bertz CT molecular complexity index is 1430. The molecule has 2 amide bonds. The first-order chi connectivity index (χ1) is 19.5. The molecule has 0 radical (unpaired) electrons. The predicted molar refractivity (Wildman–Crippen MR) is 158 cm³/mol. The largest absolute Gasteiger partial charge is 0.494 e. The van der Waals surface area contributed by atoms with Gasteiger partial charge in [0, 0.05) is 12.6 Å². The molecule has 0 heterocycles. The minimum Gasteiger partial charge on any atom is -0.494 e. The van der Waals surface area contributed by atoms with Crippen molar-refractivity contribution in [2.75, 3.05) is 17.5 Å². The number of halogens is 1. The highest BCUT2D eigenvalue weighted by Gasteiger charge is 2.33. The monoisotopic (exact) mass is 583 g/mol. The number of nitrogens with zero attached hydrogens (tertiary/aromatic N) is 2. The quantitative estimate of drug-likeness (QED) is 0.304. The number of amides is 2. The van der Waals surface area contributed by atoms with Crippen LogP contribution in [-0.2, 0) is 26.2 Å². The highest BCUT2D eigenvalue weighted by Crippen LogP contribution is 2.26. The molecule has 0 aliphatic heterocycles. The van der Waals surface area contributed by atoms with E-state index in [0.29, 0.717) is 18.8 Å². The lowest BCUT2D eigenvalue weighted by molar-refractivity contribution is -0.139. The second kappa shape index (κ2) is 14.1. The van der Waals surface area contributed by atoms with Gasteiger partial charge < -0.3 is 15.0 Å². The van der Waals surface area contributed by atoms with Crippen LogP contribution in [0.3, 0.4) is 0 Å². The molecule has 1 N–H and O–H groups in total. The Morgan fingerprint density at radius 2 is 1.63 bits per heavy atom. The summed E-state index contributed by atoms with van der Waals surface area (Å²) in [4.78, 5) is 28.4. The molecule has 220 valence electrons. The maximum Gasteiger partial charge on any atom is 0.264 e. The smallest absolute Gasteiger partial charge is 0.264 e. The van der Waals surface area contributed by atoms with Crippen LogP contribution >= 0.6 is 0 Å². The highest BCUT2D eigenvalue weighted by molar-refractivity contribution is 7.92. The van der Waals surface area contributed by atoms with Crippen LogP contribution in [0.2, 0.25) is 0 Å². The molecule has 0 bridgehead atoms. The average Bonchev–Trinajstić information content (AvgIpc) is 2.95. The minimum atomic E-state index is -4.27. The van der Waals surface area contributed by atoms with Crippen LogP contribution in [0.25, 0.3) is 0 Å². The summed E-state index contributed by atoms with van der Waals surface area (Å²) in [6.45, 7) is 9.09. The van der Waals surface area contributed by atoms with Crippen molar-refractivity contribution in [2.24, 2.45) is 0 Å². The predicted octanol–water partition coefficient (Wildman–Crippen LogP) is 5.06. The molecule has 0 saturated heterocycles.